The Hall–Kier alpha value is -2.31. The minimum absolute atomic E-state index is 0.0224. The molecule has 1 aliphatic heterocycles. The minimum atomic E-state index is -0.0224. The number of halogens is 1. The van der Waals surface area contributed by atoms with Crippen LogP contribution < -0.4 is 15.4 Å². The molecule has 0 atom stereocenters. The third-order valence-corrected chi connectivity index (χ3v) is 5.83. The molecule has 0 aliphatic carbocycles. The maximum atomic E-state index is 5.87. The summed E-state index contributed by atoms with van der Waals surface area (Å²) in [5.41, 5.74) is 2.42. The number of benzene rings is 1. The van der Waals surface area contributed by atoms with Gasteiger partial charge < -0.3 is 20.1 Å². The molecule has 3 rings (SSSR count). The van der Waals surface area contributed by atoms with Gasteiger partial charge in [0, 0.05) is 37.9 Å². The Balaban J connectivity index is 1.67. The molecule has 1 aromatic carbocycles. The van der Waals surface area contributed by atoms with E-state index < -0.39 is 0 Å². The van der Waals surface area contributed by atoms with E-state index in [9.17, 15) is 0 Å². The first kappa shape index (κ1) is 23.4. The summed E-state index contributed by atoms with van der Waals surface area (Å²) in [5, 5.41) is 7.32. The summed E-state index contributed by atoms with van der Waals surface area (Å²) in [6.07, 6.45) is 4.59. The Kier molecular flexibility index (Phi) is 8.98. The molecule has 2 aromatic rings. The fourth-order valence-corrected chi connectivity index (χ4v) is 3.94. The predicted octanol–water partition coefficient (Wildman–Crippen LogP) is 3.98. The number of pyridine rings is 1. The van der Waals surface area contributed by atoms with Crippen LogP contribution >= 0.6 is 11.6 Å². The first-order valence-corrected chi connectivity index (χ1v) is 11.5. The second-order valence-corrected chi connectivity index (χ2v) is 8.10. The number of nitrogens with one attached hydrogen (secondary N) is 2. The Labute approximate surface area is 190 Å². The molecule has 1 aliphatic rings. The first-order valence-electron chi connectivity index (χ1n) is 11.1. The van der Waals surface area contributed by atoms with Gasteiger partial charge in [-0.3, -0.25) is 4.99 Å². The van der Waals surface area contributed by atoms with Gasteiger partial charge in [0.1, 0.15) is 10.9 Å². The summed E-state index contributed by atoms with van der Waals surface area (Å²) in [6, 6.07) is 12.3. The van der Waals surface area contributed by atoms with Gasteiger partial charge in [-0.15, -0.1) is 0 Å². The molecule has 31 heavy (non-hydrogen) atoms. The van der Waals surface area contributed by atoms with Crippen molar-refractivity contribution >= 4 is 17.6 Å². The van der Waals surface area contributed by atoms with Crippen LogP contribution in [-0.4, -0.2) is 50.4 Å². The van der Waals surface area contributed by atoms with Gasteiger partial charge in [0.2, 0.25) is 0 Å². The fraction of sp³-hybridized carbons (Fsp3) is 0.500. The van der Waals surface area contributed by atoms with Crippen molar-refractivity contribution in [3.8, 4) is 5.75 Å². The van der Waals surface area contributed by atoms with Gasteiger partial charge in [-0.1, -0.05) is 29.8 Å². The molecule has 0 spiro atoms. The minimum Gasteiger partial charge on any atom is -0.494 e. The monoisotopic (exact) mass is 444 g/mol. The van der Waals surface area contributed by atoms with Gasteiger partial charge in [0.25, 0.3) is 0 Å². The van der Waals surface area contributed by atoms with Crippen molar-refractivity contribution in [3.05, 3.63) is 58.9 Å². The largest absolute Gasteiger partial charge is 0.494 e. The van der Waals surface area contributed by atoms with Gasteiger partial charge in [-0.25, -0.2) is 4.98 Å². The van der Waals surface area contributed by atoms with Gasteiger partial charge >= 0.3 is 0 Å². The highest BCUT2D eigenvalue weighted by Crippen LogP contribution is 2.36. The Bertz CT molecular complexity index is 818. The average molecular weight is 445 g/mol. The van der Waals surface area contributed by atoms with Crippen LogP contribution in [0.15, 0.2) is 47.6 Å². The predicted molar refractivity (Wildman–Crippen MR) is 126 cm³/mol. The van der Waals surface area contributed by atoms with Crippen molar-refractivity contribution in [2.75, 3.05) is 39.5 Å². The molecule has 0 radical (unpaired) electrons. The summed E-state index contributed by atoms with van der Waals surface area (Å²) in [7, 11) is 0. The highest BCUT2D eigenvalue weighted by Gasteiger charge is 2.34. The van der Waals surface area contributed by atoms with E-state index in [0.717, 1.165) is 62.8 Å². The molecule has 1 fully saturated rings. The van der Waals surface area contributed by atoms with E-state index in [4.69, 9.17) is 26.1 Å². The van der Waals surface area contributed by atoms with E-state index in [-0.39, 0.29) is 5.41 Å². The standard InChI is InChI=1S/C24H33ClN4O2/c1-3-26-23(27-14-11-19-5-10-22(25)28-17-19)29-18-24(12-15-30-16-13-24)20-6-8-21(9-7-20)31-4-2/h5-10,17H,3-4,11-16,18H2,1-2H3,(H2,26,27,29). The van der Waals surface area contributed by atoms with Crippen molar-refractivity contribution in [2.45, 2.75) is 38.5 Å². The number of nitrogens with zero attached hydrogens (tertiary/aromatic N) is 2. The molecule has 2 N–H and O–H groups in total. The zero-order valence-electron chi connectivity index (χ0n) is 18.5. The highest BCUT2D eigenvalue weighted by molar-refractivity contribution is 6.29. The summed E-state index contributed by atoms with van der Waals surface area (Å²) in [5.74, 6) is 1.74. The van der Waals surface area contributed by atoms with Gasteiger partial charge in [-0.05, 0) is 62.4 Å². The van der Waals surface area contributed by atoms with Crippen LogP contribution in [0.1, 0.15) is 37.8 Å². The number of hydrogen-bond donors (Lipinski definition) is 2. The van der Waals surface area contributed by atoms with Crippen molar-refractivity contribution < 1.29 is 9.47 Å². The normalized spacial score (nSPS) is 16.0. The van der Waals surface area contributed by atoms with Crippen LogP contribution in [0.25, 0.3) is 0 Å². The topological polar surface area (TPSA) is 67.8 Å². The molecule has 1 saturated heterocycles. The second kappa shape index (κ2) is 11.9. The van der Waals surface area contributed by atoms with Crippen molar-refractivity contribution in [1.29, 1.82) is 0 Å². The maximum Gasteiger partial charge on any atom is 0.191 e. The van der Waals surface area contributed by atoms with Crippen molar-refractivity contribution in [3.63, 3.8) is 0 Å². The number of guanidine groups is 1. The SMILES string of the molecule is CCNC(=NCC1(c2ccc(OCC)cc2)CCOCC1)NCCc1ccc(Cl)nc1. The summed E-state index contributed by atoms with van der Waals surface area (Å²) < 4.78 is 11.3. The van der Waals surface area contributed by atoms with Crippen LogP contribution in [0.2, 0.25) is 5.15 Å². The molecule has 0 saturated carbocycles. The summed E-state index contributed by atoms with van der Waals surface area (Å²) in [6.45, 7) is 8.57. The Morgan fingerprint density at radius 2 is 1.90 bits per heavy atom. The van der Waals surface area contributed by atoms with Crippen LogP contribution in [0.5, 0.6) is 5.75 Å². The second-order valence-electron chi connectivity index (χ2n) is 7.71. The van der Waals surface area contributed by atoms with Crippen molar-refractivity contribution in [2.24, 2.45) is 4.99 Å². The van der Waals surface area contributed by atoms with E-state index in [0.29, 0.717) is 18.3 Å². The number of aliphatic imine (C=N–C) groups is 1. The van der Waals surface area contributed by atoms with E-state index in [1.165, 1.54) is 5.56 Å². The smallest absolute Gasteiger partial charge is 0.191 e. The molecule has 168 valence electrons. The zero-order valence-corrected chi connectivity index (χ0v) is 19.3. The van der Waals surface area contributed by atoms with Crippen molar-refractivity contribution in [1.82, 2.24) is 15.6 Å². The molecular weight excluding hydrogens is 412 g/mol. The molecule has 2 heterocycles. The lowest BCUT2D eigenvalue weighted by Crippen LogP contribution is -2.41. The molecular formula is C24H33ClN4O2. The molecule has 0 amide bonds. The number of aromatic nitrogens is 1. The van der Waals surface area contributed by atoms with Gasteiger partial charge in [0.15, 0.2) is 5.96 Å². The number of ether oxygens (including phenoxy) is 2. The van der Waals surface area contributed by atoms with Gasteiger partial charge in [0.05, 0.1) is 13.2 Å². The van der Waals surface area contributed by atoms with E-state index in [1.54, 1.807) is 0 Å². The third kappa shape index (κ3) is 6.84. The van der Waals surface area contributed by atoms with Gasteiger partial charge in [-0.2, -0.15) is 0 Å². The lowest BCUT2D eigenvalue weighted by Gasteiger charge is -2.36. The van der Waals surface area contributed by atoms with Crippen LogP contribution in [0.3, 0.4) is 0 Å². The summed E-state index contributed by atoms with van der Waals surface area (Å²) in [4.78, 5) is 9.10. The maximum absolute atomic E-state index is 5.87. The van der Waals surface area contributed by atoms with Crippen LogP contribution in [0.4, 0.5) is 0 Å². The average Bonchev–Trinajstić information content (AvgIpc) is 2.80. The lowest BCUT2D eigenvalue weighted by molar-refractivity contribution is 0.0531. The lowest BCUT2D eigenvalue weighted by atomic mass is 9.74. The third-order valence-electron chi connectivity index (χ3n) is 5.61. The van der Waals surface area contributed by atoms with E-state index in [1.807, 2.05) is 25.3 Å². The zero-order chi connectivity index (χ0) is 21.9. The Morgan fingerprint density at radius 1 is 1.13 bits per heavy atom. The first-order chi connectivity index (χ1) is 15.1. The van der Waals surface area contributed by atoms with E-state index in [2.05, 4.69) is 46.8 Å². The molecule has 0 bridgehead atoms. The van der Waals surface area contributed by atoms with Crippen LogP contribution in [-0.2, 0) is 16.6 Å². The fourth-order valence-electron chi connectivity index (χ4n) is 3.82. The quantitative estimate of drug-likeness (QED) is 0.348. The number of hydrogen-bond acceptors (Lipinski definition) is 4. The molecule has 7 heteroatoms. The molecule has 0 unspecified atom stereocenters. The molecule has 1 aromatic heterocycles. The van der Waals surface area contributed by atoms with E-state index >= 15 is 0 Å². The highest BCUT2D eigenvalue weighted by atomic mass is 35.5. The van der Waals surface area contributed by atoms with Crippen LogP contribution in [0, 0.1) is 0 Å². The summed E-state index contributed by atoms with van der Waals surface area (Å²) >= 11 is 5.87. The molecule has 6 nitrogen and oxygen atoms in total. The number of rotatable bonds is 9. The Morgan fingerprint density at radius 3 is 2.55 bits per heavy atom.